The van der Waals surface area contributed by atoms with Gasteiger partial charge in [-0.15, -0.1) is 0 Å². The van der Waals surface area contributed by atoms with E-state index in [1.807, 2.05) is 0 Å². The van der Waals surface area contributed by atoms with Gasteiger partial charge in [0, 0.05) is 5.41 Å². The van der Waals surface area contributed by atoms with Crippen LogP contribution in [0.4, 0.5) is 0 Å². The first-order valence-electron chi connectivity index (χ1n) is 10.9. The number of hydrogen-bond acceptors (Lipinski definition) is 0. The lowest BCUT2D eigenvalue weighted by Crippen LogP contribution is -2.41. The van der Waals surface area contributed by atoms with Crippen LogP contribution in [0.15, 0.2) is 72.8 Å². The maximum absolute atomic E-state index is 2.56. The largest absolute Gasteiger partial charge is 0.0616 e. The van der Waals surface area contributed by atoms with E-state index in [0.29, 0.717) is 0 Å². The van der Waals surface area contributed by atoms with Gasteiger partial charge in [-0.1, -0.05) is 67.1 Å². The van der Waals surface area contributed by atoms with Gasteiger partial charge in [-0.2, -0.15) is 0 Å². The minimum Gasteiger partial charge on any atom is -0.0616 e. The summed E-state index contributed by atoms with van der Waals surface area (Å²) in [7, 11) is 0. The van der Waals surface area contributed by atoms with Crippen LogP contribution in [0.5, 0.6) is 0 Å². The maximum Gasteiger partial charge on any atom is 0.0271 e. The SMILES string of the molecule is c1ccc2cc3c(cc2c1)C[C@@H]1CCC[C@H]2Cc4cc5ccccc5cc4C312. The van der Waals surface area contributed by atoms with Gasteiger partial charge in [-0.25, -0.2) is 0 Å². The minimum atomic E-state index is 0.261. The van der Waals surface area contributed by atoms with E-state index in [0.717, 1.165) is 11.8 Å². The molecule has 0 bridgehead atoms. The van der Waals surface area contributed by atoms with Crippen molar-refractivity contribution < 1.29 is 0 Å². The van der Waals surface area contributed by atoms with Crippen molar-refractivity contribution in [3.8, 4) is 0 Å². The summed E-state index contributed by atoms with van der Waals surface area (Å²) in [6, 6.07) is 28.0. The van der Waals surface area contributed by atoms with E-state index < -0.39 is 0 Å². The average molecular weight is 360 g/mol. The van der Waals surface area contributed by atoms with Crippen LogP contribution in [0.3, 0.4) is 0 Å². The molecule has 4 aromatic rings. The Morgan fingerprint density at radius 1 is 0.571 bits per heavy atom. The monoisotopic (exact) mass is 360 g/mol. The van der Waals surface area contributed by atoms with Crippen LogP contribution in [0.25, 0.3) is 21.5 Å². The second-order valence-electron chi connectivity index (χ2n) is 9.32. The summed E-state index contributed by atoms with van der Waals surface area (Å²) in [5, 5.41) is 5.64. The molecule has 4 aromatic carbocycles. The molecule has 0 unspecified atom stereocenters. The van der Waals surface area contributed by atoms with Crippen molar-refractivity contribution in [2.75, 3.05) is 0 Å². The highest BCUT2D eigenvalue weighted by molar-refractivity contribution is 5.88. The number of benzene rings is 4. The van der Waals surface area contributed by atoms with Crippen molar-refractivity contribution in [1.29, 1.82) is 0 Å². The van der Waals surface area contributed by atoms with E-state index >= 15 is 0 Å². The maximum atomic E-state index is 2.56. The third kappa shape index (κ3) is 1.77. The van der Waals surface area contributed by atoms with Crippen molar-refractivity contribution in [2.45, 2.75) is 37.5 Å². The molecule has 0 N–H and O–H groups in total. The zero-order valence-electron chi connectivity index (χ0n) is 16.1. The zero-order chi connectivity index (χ0) is 18.3. The van der Waals surface area contributed by atoms with Crippen molar-refractivity contribution in [3.63, 3.8) is 0 Å². The summed E-state index contributed by atoms with van der Waals surface area (Å²) < 4.78 is 0. The number of hydrogen-bond donors (Lipinski definition) is 0. The third-order valence-electron chi connectivity index (χ3n) is 8.16. The molecular formula is C28H24. The molecule has 1 saturated carbocycles. The Hall–Kier alpha value is -2.60. The molecule has 28 heavy (non-hydrogen) atoms. The average Bonchev–Trinajstić information content (AvgIpc) is 3.23. The van der Waals surface area contributed by atoms with E-state index in [1.165, 1.54) is 53.6 Å². The molecule has 136 valence electrons. The first-order chi connectivity index (χ1) is 13.8. The Morgan fingerprint density at radius 2 is 1.00 bits per heavy atom. The Balaban J connectivity index is 1.57. The molecule has 3 aliphatic rings. The molecule has 0 heteroatoms. The van der Waals surface area contributed by atoms with Crippen molar-refractivity contribution >= 4 is 21.5 Å². The molecule has 1 spiro atoms. The van der Waals surface area contributed by atoms with Crippen LogP contribution in [-0.4, -0.2) is 0 Å². The summed E-state index contributed by atoms with van der Waals surface area (Å²) in [5.41, 5.74) is 6.83. The van der Waals surface area contributed by atoms with E-state index in [2.05, 4.69) is 72.8 Å². The summed E-state index contributed by atoms with van der Waals surface area (Å²) in [6.45, 7) is 0. The lowest BCUT2D eigenvalue weighted by molar-refractivity contribution is 0.176. The quantitative estimate of drug-likeness (QED) is 0.323. The highest BCUT2D eigenvalue weighted by Crippen LogP contribution is 2.63. The van der Waals surface area contributed by atoms with Crippen LogP contribution in [0, 0.1) is 11.8 Å². The molecular weight excluding hydrogens is 336 g/mol. The van der Waals surface area contributed by atoms with E-state index in [9.17, 15) is 0 Å². The Morgan fingerprint density at radius 3 is 1.46 bits per heavy atom. The summed E-state index contributed by atoms with van der Waals surface area (Å²) in [6.07, 6.45) is 6.70. The Kier molecular flexibility index (Phi) is 2.88. The molecule has 7 rings (SSSR count). The molecule has 0 aliphatic heterocycles. The van der Waals surface area contributed by atoms with Crippen molar-refractivity contribution in [3.05, 3.63) is 95.1 Å². The predicted molar refractivity (Wildman–Crippen MR) is 117 cm³/mol. The zero-order valence-corrected chi connectivity index (χ0v) is 16.1. The molecule has 0 heterocycles. The molecule has 0 nitrogen and oxygen atoms in total. The van der Waals surface area contributed by atoms with E-state index in [4.69, 9.17) is 0 Å². The van der Waals surface area contributed by atoms with Crippen LogP contribution in [-0.2, 0) is 18.3 Å². The second kappa shape index (κ2) is 5.26. The fourth-order valence-corrected chi connectivity index (χ4v) is 7.16. The van der Waals surface area contributed by atoms with Gasteiger partial charge in [0.05, 0.1) is 0 Å². The Bertz CT molecular complexity index is 1160. The van der Waals surface area contributed by atoms with Gasteiger partial charge in [0.25, 0.3) is 0 Å². The first kappa shape index (κ1) is 15.3. The molecule has 0 amide bonds. The lowest BCUT2D eigenvalue weighted by Gasteiger charge is -2.43. The minimum absolute atomic E-state index is 0.261. The van der Waals surface area contributed by atoms with E-state index in [1.54, 1.807) is 22.3 Å². The van der Waals surface area contributed by atoms with Gasteiger partial charge in [0.1, 0.15) is 0 Å². The molecule has 0 aromatic heterocycles. The number of rotatable bonds is 0. The fourth-order valence-electron chi connectivity index (χ4n) is 7.16. The highest BCUT2D eigenvalue weighted by atomic mass is 14.6. The van der Waals surface area contributed by atoms with Gasteiger partial charge in [-0.05, 0) is 93.5 Å². The molecule has 0 saturated heterocycles. The molecule has 0 radical (unpaired) electrons. The lowest BCUT2D eigenvalue weighted by atomic mass is 9.59. The third-order valence-corrected chi connectivity index (χ3v) is 8.16. The standard InChI is InChI=1S/C28H24/c1-3-8-20-16-26-22(12-18(20)6-1)14-24-10-5-11-25-15-23-13-19-7-2-4-9-21(19)17-27(23)28(24,25)26/h1-4,6-9,12-13,16-17,24-25H,5,10-11,14-15H2/t24-,25-,28?/m0/s1. The highest BCUT2D eigenvalue weighted by Gasteiger charge is 2.57. The normalized spacial score (nSPS) is 27.4. The van der Waals surface area contributed by atoms with Crippen LogP contribution in [0.1, 0.15) is 41.5 Å². The van der Waals surface area contributed by atoms with Crippen LogP contribution >= 0.6 is 0 Å². The van der Waals surface area contributed by atoms with Crippen molar-refractivity contribution in [2.24, 2.45) is 11.8 Å². The predicted octanol–water partition coefficient (Wildman–Crippen LogP) is 6.81. The number of fused-ring (bicyclic) bond motifs is 4. The summed E-state index contributed by atoms with van der Waals surface area (Å²) >= 11 is 0. The first-order valence-corrected chi connectivity index (χ1v) is 10.9. The van der Waals surface area contributed by atoms with Crippen LogP contribution < -0.4 is 0 Å². The van der Waals surface area contributed by atoms with Gasteiger partial charge < -0.3 is 0 Å². The van der Waals surface area contributed by atoms with Crippen LogP contribution in [0.2, 0.25) is 0 Å². The topological polar surface area (TPSA) is 0 Å². The summed E-state index contributed by atoms with van der Waals surface area (Å²) in [5.74, 6) is 1.56. The van der Waals surface area contributed by atoms with Gasteiger partial charge in [0.15, 0.2) is 0 Å². The van der Waals surface area contributed by atoms with Crippen molar-refractivity contribution in [1.82, 2.24) is 0 Å². The fraction of sp³-hybridized carbons (Fsp3) is 0.286. The Labute approximate surface area is 166 Å². The van der Waals surface area contributed by atoms with Gasteiger partial charge in [0.2, 0.25) is 0 Å². The smallest absolute Gasteiger partial charge is 0.0271 e. The van der Waals surface area contributed by atoms with Gasteiger partial charge >= 0.3 is 0 Å². The molecule has 2 atom stereocenters. The molecule has 3 aliphatic carbocycles. The second-order valence-corrected chi connectivity index (χ2v) is 9.32. The van der Waals surface area contributed by atoms with Gasteiger partial charge in [-0.3, -0.25) is 0 Å². The van der Waals surface area contributed by atoms with E-state index in [-0.39, 0.29) is 5.41 Å². The summed E-state index contributed by atoms with van der Waals surface area (Å²) in [4.78, 5) is 0. The molecule has 1 fully saturated rings.